The van der Waals surface area contributed by atoms with Gasteiger partial charge in [0.05, 0.1) is 6.07 Å². The van der Waals surface area contributed by atoms with Crippen molar-refractivity contribution in [1.82, 2.24) is 14.8 Å². The molecule has 1 aromatic rings. The van der Waals surface area contributed by atoms with Crippen LogP contribution in [0.1, 0.15) is 55.6 Å². The number of primary amides is 1. The molecule has 0 aliphatic carbocycles. The first kappa shape index (κ1) is 16.4. The van der Waals surface area contributed by atoms with Crippen molar-refractivity contribution in [2.75, 3.05) is 19.6 Å². The fourth-order valence-electron chi connectivity index (χ4n) is 3.06. The molecule has 2 saturated heterocycles. The Bertz CT molecular complexity index is 732. The van der Waals surface area contributed by atoms with E-state index in [1.165, 1.54) is 4.90 Å². The number of hydrogen-bond acceptors (Lipinski definition) is 6. The molecule has 2 aliphatic rings. The lowest BCUT2D eigenvalue weighted by atomic mass is 10.2. The Kier molecular flexibility index (Phi) is 4.49. The molecule has 1 atom stereocenters. The van der Waals surface area contributed by atoms with Crippen LogP contribution in [-0.4, -0.2) is 58.2 Å². The van der Waals surface area contributed by atoms with Gasteiger partial charge in [-0.25, -0.2) is 4.98 Å². The second kappa shape index (κ2) is 6.57. The lowest BCUT2D eigenvalue weighted by Crippen LogP contribution is -2.34. The number of aromatic nitrogens is 1. The van der Waals surface area contributed by atoms with Gasteiger partial charge in [0.2, 0.25) is 0 Å². The third kappa shape index (κ3) is 2.85. The highest BCUT2D eigenvalue weighted by atomic mass is 32.1. The van der Waals surface area contributed by atoms with Crippen molar-refractivity contribution in [3.8, 4) is 6.07 Å². The van der Waals surface area contributed by atoms with Crippen molar-refractivity contribution in [3.63, 3.8) is 0 Å². The van der Waals surface area contributed by atoms with Gasteiger partial charge in [0.15, 0.2) is 10.7 Å². The molecule has 3 rings (SSSR count). The molecule has 3 heterocycles. The fraction of sp³-hybridized carbons (Fsp3) is 0.533. The van der Waals surface area contributed by atoms with E-state index in [4.69, 9.17) is 11.0 Å². The van der Waals surface area contributed by atoms with E-state index < -0.39 is 17.9 Å². The van der Waals surface area contributed by atoms with Gasteiger partial charge in [-0.2, -0.15) is 5.26 Å². The monoisotopic (exact) mass is 347 g/mol. The Morgan fingerprint density at radius 2 is 1.88 bits per heavy atom. The van der Waals surface area contributed by atoms with Gasteiger partial charge in [-0.05, 0) is 25.7 Å². The van der Waals surface area contributed by atoms with Crippen molar-refractivity contribution in [2.24, 2.45) is 5.73 Å². The van der Waals surface area contributed by atoms with E-state index in [1.54, 1.807) is 4.90 Å². The van der Waals surface area contributed by atoms with Crippen LogP contribution in [0.15, 0.2) is 0 Å². The highest BCUT2D eigenvalue weighted by molar-refractivity contribution is 7.15. The van der Waals surface area contributed by atoms with Gasteiger partial charge in [-0.1, -0.05) is 0 Å². The number of nitrogens with zero attached hydrogens (tertiary/aromatic N) is 4. The lowest BCUT2D eigenvalue weighted by molar-refractivity contribution is 0.0762. The van der Waals surface area contributed by atoms with E-state index in [2.05, 4.69) is 11.1 Å². The summed E-state index contributed by atoms with van der Waals surface area (Å²) in [6, 6.07) is 1.60. The van der Waals surface area contributed by atoms with Crippen molar-refractivity contribution in [1.29, 1.82) is 5.26 Å². The largest absolute Gasteiger partial charge is 0.365 e. The van der Waals surface area contributed by atoms with E-state index in [0.717, 1.165) is 30.6 Å². The number of nitriles is 1. The summed E-state index contributed by atoms with van der Waals surface area (Å²) in [6.07, 6.45) is 3.18. The summed E-state index contributed by atoms with van der Waals surface area (Å²) < 4.78 is 0. The van der Waals surface area contributed by atoms with E-state index in [1.807, 2.05) is 0 Å². The molecule has 0 radical (unpaired) electrons. The van der Waals surface area contributed by atoms with Gasteiger partial charge in [-0.3, -0.25) is 14.4 Å². The Morgan fingerprint density at radius 1 is 1.17 bits per heavy atom. The molecule has 0 spiro atoms. The maximum absolute atomic E-state index is 12.6. The molecule has 8 nitrogen and oxygen atoms in total. The minimum absolute atomic E-state index is 0.00274. The average molecular weight is 347 g/mol. The number of likely N-dealkylation sites (tertiary alicyclic amines) is 2. The van der Waals surface area contributed by atoms with Crippen molar-refractivity contribution >= 4 is 29.1 Å². The van der Waals surface area contributed by atoms with E-state index >= 15 is 0 Å². The first-order valence-corrected chi connectivity index (χ1v) is 8.65. The van der Waals surface area contributed by atoms with Gasteiger partial charge < -0.3 is 15.5 Å². The van der Waals surface area contributed by atoms with Crippen LogP contribution in [-0.2, 0) is 0 Å². The Morgan fingerprint density at radius 3 is 2.50 bits per heavy atom. The number of carbonyl (C=O) groups excluding carboxylic acids is 3. The Labute approximate surface area is 142 Å². The summed E-state index contributed by atoms with van der Waals surface area (Å²) in [5.41, 5.74) is 5.30. The van der Waals surface area contributed by atoms with Crippen molar-refractivity contribution in [2.45, 2.75) is 31.7 Å². The molecule has 24 heavy (non-hydrogen) atoms. The molecule has 0 aromatic carbocycles. The van der Waals surface area contributed by atoms with Crippen LogP contribution < -0.4 is 5.73 Å². The molecule has 9 heteroatoms. The zero-order chi connectivity index (χ0) is 17.3. The number of amides is 3. The Balaban J connectivity index is 1.91. The third-order valence-corrected chi connectivity index (χ3v) is 5.35. The van der Waals surface area contributed by atoms with Gasteiger partial charge in [-0.15, -0.1) is 11.3 Å². The summed E-state index contributed by atoms with van der Waals surface area (Å²) in [7, 11) is 0. The highest BCUT2D eigenvalue weighted by Gasteiger charge is 2.34. The van der Waals surface area contributed by atoms with Crippen LogP contribution in [0.3, 0.4) is 0 Å². The lowest BCUT2D eigenvalue weighted by Gasteiger charge is -2.17. The normalized spacial score (nSPS) is 20.2. The topological polar surface area (TPSA) is 120 Å². The number of nitrogens with two attached hydrogens (primary N) is 1. The number of carbonyl (C=O) groups is 3. The quantitative estimate of drug-likeness (QED) is 0.858. The summed E-state index contributed by atoms with van der Waals surface area (Å²) in [5, 5.41) is 9.15. The smallest absolute Gasteiger partial charge is 0.283 e. The standard InChI is InChI=1S/C15H17N5O3S/c16-8-9-4-3-7-20(9)15(23)13-18-10(11(24-13)12(17)21)14(22)19-5-1-2-6-19/h9H,1-7H2,(H2,17,21). The van der Waals surface area contributed by atoms with Crippen molar-refractivity contribution in [3.05, 3.63) is 15.6 Å². The molecule has 1 aromatic heterocycles. The first-order valence-electron chi connectivity index (χ1n) is 7.83. The third-order valence-electron chi connectivity index (χ3n) is 4.29. The molecule has 1 unspecified atom stereocenters. The van der Waals surface area contributed by atoms with Crippen LogP contribution >= 0.6 is 11.3 Å². The number of rotatable bonds is 3. The van der Waals surface area contributed by atoms with Crippen LogP contribution in [0.5, 0.6) is 0 Å². The summed E-state index contributed by atoms with van der Waals surface area (Å²) in [6.45, 7) is 1.69. The summed E-state index contributed by atoms with van der Waals surface area (Å²) in [4.78, 5) is 44.0. The molecule has 126 valence electrons. The molecule has 3 amide bonds. The SMILES string of the molecule is N#CC1CCCN1C(=O)c1nc(C(=O)N2CCCC2)c(C(N)=O)s1. The van der Waals surface area contributed by atoms with E-state index in [0.29, 0.717) is 26.1 Å². The predicted octanol–water partition coefficient (Wildman–Crippen LogP) is 0.606. The van der Waals surface area contributed by atoms with Crippen LogP contribution in [0.4, 0.5) is 0 Å². The summed E-state index contributed by atoms with van der Waals surface area (Å²) in [5.74, 6) is -1.56. The average Bonchev–Trinajstić information content (AvgIpc) is 3.32. The summed E-state index contributed by atoms with van der Waals surface area (Å²) >= 11 is 0.828. The van der Waals surface area contributed by atoms with Crippen molar-refractivity contribution < 1.29 is 14.4 Å². The van der Waals surface area contributed by atoms with Gasteiger partial charge in [0, 0.05) is 19.6 Å². The number of hydrogen-bond donors (Lipinski definition) is 1. The van der Waals surface area contributed by atoms with Crippen LogP contribution in [0.25, 0.3) is 0 Å². The van der Waals surface area contributed by atoms with E-state index in [9.17, 15) is 14.4 Å². The zero-order valence-electron chi connectivity index (χ0n) is 13.0. The van der Waals surface area contributed by atoms with E-state index in [-0.39, 0.29) is 21.5 Å². The fourth-order valence-corrected chi connectivity index (χ4v) is 3.93. The minimum Gasteiger partial charge on any atom is -0.365 e. The van der Waals surface area contributed by atoms with Crippen LogP contribution in [0, 0.1) is 11.3 Å². The molecular formula is C15H17N5O3S. The molecular weight excluding hydrogens is 330 g/mol. The molecule has 2 aliphatic heterocycles. The van der Waals surface area contributed by atoms with Gasteiger partial charge in [0.25, 0.3) is 17.7 Å². The highest BCUT2D eigenvalue weighted by Crippen LogP contribution is 2.25. The maximum Gasteiger partial charge on any atom is 0.283 e. The first-order chi connectivity index (χ1) is 11.5. The van der Waals surface area contributed by atoms with Gasteiger partial charge in [0.1, 0.15) is 10.9 Å². The minimum atomic E-state index is -0.771. The van der Waals surface area contributed by atoms with Gasteiger partial charge >= 0.3 is 0 Å². The molecule has 2 N–H and O–H groups in total. The second-order valence-electron chi connectivity index (χ2n) is 5.85. The maximum atomic E-state index is 12.6. The molecule has 2 fully saturated rings. The Hall–Kier alpha value is -2.47. The zero-order valence-corrected chi connectivity index (χ0v) is 13.8. The van der Waals surface area contributed by atoms with Crippen LogP contribution in [0.2, 0.25) is 0 Å². The second-order valence-corrected chi connectivity index (χ2v) is 6.85. The number of thiazole rings is 1. The predicted molar refractivity (Wildman–Crippen MR) is 85.4 cm³/mol. The molecule has 0 saturated carbocycles. The molecule has 0 bridgehead atoms.